The van der Waals surface area contributed by atoms with Crippen molar-refractivity contribution in [2.45, 2.75) is 24.9 Å². The highest BCUT2D eigenvalue weighted by molar-refractivity contribution is 6.28. The zero-order valence-electron chi connectivity index (χ0n) is 14.3. The number of hydrogen-bond acceptors (Lipinski definition) is 10. The van der Waals surface area contributed by atoms with E-state index in [-0.39, 0.29) is 17.7 Å². The number of hydrogen-bond donors (Lipinski definition) is 4. The SMILES string of the molecule is Nc1nc(Cl)nc2c1ncn2[C@@H]1O[C@H](CO)C[C@H]1O.c1ncc2[nH]cnc2n1. The van der Waals surface area contributed by atoms with Crippen molar-refractivity contribution >= 4 is 39.7 Å². The maximum absolute atomic E-state index is 9.97. The number of ether oxygens (including phenoxy) is 1. The van der Waals surface area contributed by atoms with Crippen LogP contribution in [0.15, 0.2) is 25.2 Å². The first kappa shape index (κ1) is 18.4. The summed E-state index contributed by atoms with van der Waals surface area (Å²) in [6.45, 7) is -0.155. The molecule has 4 aromatic heterocycles. The van der Waals surface area contributed by atoms with Crippen LogP contribution < -0.4 is 5.73 Å². The Bertz CT molecular complexity index is 1070. The van der Waals surface area contributed by atoms with Gasteiger partial charge in [0.1, 0.15) is 23.5 Å². The molecule has 1 fully saturated rings. The second-order valence-corrected chi connectivity index (χ2v) is 6.34. The lowest BCUT2D eigenvalue weighted by Crippen LogP contribution is -2.19. The lowest BCUT2D eigenvalue weighted by Gasteiger charge is -2.16. The maximum atomic E-state index is 9.97. The molecule has 1 saturated heterocycles. The Labute approximate surface area is 162 Å². The summed E-state index contributed by atoms with van der Waals surface area (Å²) < 4.78 is 7.07. The Morgan fingerprint density at radius 2 is 2.18 bits per heavy atom. The van der Waals surface area contributed by atoms with Gasteiger partial charge in [-0.05, 0) is 11.6 Å². The highest BCUT2D eigenvalue weighted by Gasteiger charge is 2.36. The van der Waals surface area contributed by atoms with Crippen molar-refractivity contribution in [1.29, 1.82) is 0 Å². The van der Waals surface area contributed by atoms with Gasteiger partial charge in [0.15, 0.2) is 23.3 Å². The summed E-state index contributed by atoms with van der Waals surface area (Å²) in [6.07, 6.45) is 4.72. The van der Waals surface area contributed by atoms with Gasteiger partial charge in [0.05, 0.1) is 31.6 Å². The molecule has 1 aliphatic rings. The number of rotatable bonds is 2. The van der Waals surface area contributed by atoms with Gasteiger partial charge in [-0.1, -0.05) is 0 Å². The van der Waals surface area contributed by atoms with E-state index in [2.05, 4.69) is 34.9 Å². The van der Waals surface area contributed by atoms with Crippen molar-refractivity contribution in [1.82, 2.24) is 39.5 Å². The van der Waals surface area contributed by atoms with Crippen LogP contribution in [-0.4, -0.2) is 68.5 Å². The quantitative estimate of drug-likeness (QED) is 0.333. The van der Waals surface area contributed by atoms with Gasteiger partial charge in [0.2, 0.25) is 5.28 Å². The van der Waals surface area contributed by atoms with Crippen LogP contribution in [-0.2, 0) is 4.74 Å². The monoisotopic (exact) mass is 405 g/mol. The number of H-pyrrole nitrogens is 1. The Morgan fingerprint density at radius 3 is 2.93 bits per heavy atom. The molecule has 146 valence electrons. The number of aliphatic hydroxyl groups excluding tert-OH is 2. The number of aromatic nitrogens is 8. The molecular formula is C15H16ClN9O3. The largest absolute Gasteiger partial charge is 0.394 e. The van der Waals surface area contributed by atoms with Gasteiger partial charge < -0.3 is 25.7 Å². The number of nitrogens with one attached hydrogen (secondary N) is 1. The topological polar surface area (TPSA) is 174 Å². The number of nitrogens with zero attached hydrogens (tertiary/aromatic N) is 7. The first-order chi connectivity index (χ1) is 13.6. The van der Waals surface area contributed by atoms with E-state index in [0.717, 1.165) is 5.52 Å². The molecule has 3 atom stereocenters. The van der Waals surface area contributed by atoms with Gasteiger partial charge in [-0.2, -0.15) is 9.97 Å². The summed E-state index contributed by atoms with van der Waals surface area (Å²) in [4.78, 5) is 26.4. The lowest BCUT2D eigenvalue weighted by atomic mass is 10.2. The van der Waals surface area contributed by atoms with E-state index in [4.69, 9.17) is 27.2 Å². The van der Waals surface area contributed by atoms with Gasteiger partial charge in [0.25, 0.3) is 0 Å². The summed E-state index contributed by atoms with van der Waals surface area (Å²) in [7, 11) is 0. The third kappa shape index (κ3) is 3.45. The van der Waals surface area contributed by atoms with Crippen molar-refractivity contribution in [3.05, 3.63) is 30.5 Å². The molecule has 0 aliphatic carbocycles. The van der Waals surface area contributed by atoms with E-state index in [9.17, 15) is 5.11 Å². The van der Waals surface area contributed by atoms with E-state index >= 15 is 0 Å². The van der Waals surface area contributed by atoms with Crippen LogP contribution in [0.25, 0.3) is 22.3 Å². The van der Waals surface area contributed by atoms with Crippen LogP contribution in [0.1, 0.15) is 12.6 Å². The third-order valence-corrected chi connectivity index (χ3v) is 4.33. The lowest BCUT2D eigenvalue weighted by molar-refractivity contribution is -0.0486. The number of aromatic amines is 1. The van der Waals surface area contributed by atoms with Crippen molar-refractivity contribution in [3.8, 4) is 0 Å². The highest BCUT2D eigenvalue weighted by atomic mass is 35.5. The minimum Gasteiger partial charge on any atom is -0.394 e. The van der Waals surface area contributed by atoms with Crippen molar-refractivity contribution in [2.75, 3.05) is 12.3 Å². The van der Waals surface area contributed by atoms with Gasteiger partial charge >= 0.3 is 0 Å². The molecular weight excluding hydrogens is 390 g/mol. The predicted molar refractivity (Wildman–Crippen MR) is 98.0 cm³/mol. The summed E-state index contributed by atoms with van der Waals surface area (Å²) in [5.74, 6) is 0.167. The number of aliphatic hydroxyl groups is 2. The third-order valence-electron chi connectivity index (χ3n) is 4.16. The van der Waals surface area contributed by atoms with Gasteiger partial charge in [-0.3, -0.25) is 4.57 Å². The van der Waals surface area contributed by atoms with Crippen molar-refractivity contribution < 1.29 is 14.9 Å². The molecule has 4 aromatic rings. The number of halogens is 1. The maximum Gasteiger partial charge on any atom is 0.226 e. The fraction of sp³-hybridized carbons (Fsp3) is 0.333. The van der Waals surface area contributed by atoms with E-state index in [1.807, 2.05) is 0 Å². The van der Waals surface area contributed by atoms with Gasteiger partial charge in [0, 0.05) is 6.42 Å². The minimum atomic E-state index is -0.760. The number of nitrogen functional groups attached to an aromatic ring is 1. The number of nitrogens with two attached hydrogens (primary N) is 1. The molecule has 0 aromatic carbocycles. The summed E-state index contributed by atoms with van der Waals surface area (Å²) in [5.41, 5.74) is 8.07. The molecule has 0 bridgehead atoms. The first-order valence-electron chi connectivity index (χ1n) is 8.26. The number of imidazole rings is 2. The molecule has 5 rings (SSSR count). The zero-order valence-corrected chi connectivity index (χ0v) is 15.1. The molecule has 0 amide bonds. The molecule has 0 unspecified atom stereocenters. The van der Waals surface area contributed by atoms with E-state index in [0.29, 0.717) is 23.2 Å². The summed E-state index contributed by atoms with van der Waals surface area (Å²) in [6, 6.07) is 0. The highest BCUT2D eigenvalue weighted by Crippen LogP contribution is 2.31. The Morgan fingerprint density at radius 1 is 1.32 bits per heavy atom. The zero-order chi connectivity index (χ0) is 19.7. The Balaban J connectivity index is 0.000000177. The second kappa shape index (κ2) is 7.59. The Kier molecular flexibility index (Phi) is 5.00. The van der Waals surface area contributed by atoms with Crippen LogP contribution in [0.2, 0.25) is 5.28 Å². The molecule has 0 spiro atoms. The second-order valence-electron chi connectivity index (χ2n) is 6.00. The molecule has 13 heteroatoms. The molecule has 1 aliphatic heterocycles. The smallest absolute Gasteiger partial charge is 0.226 e. The minimum absolute atomic E-state index is 0.00190. The normalized spacial score (nSPS) is 21.8. The Hall–Kier alpha value is -2.93. The first-order valence-corrected chi connectivity index (χ1v) is 8.63. The molecule has 5 N–H and O–H groups in total. The van der Waals surface area contributed by atoms with Gasteiger partial charge in [-0.25, -0.2) is 19.9 Å². The fourth-order valence-electron chi connectivity index (χ4n) is 2.89. The summed E-state index contributed by atoms with van der Waals surface area (Å²) >= 11 is 5.77. The van der Waals surface area contributed by atoms with Gasteiger partial charge in [-0.15, -0.1) is 0 Å². The van der Waals surface area contributed by atoms with Crippen LogP contribution in [0.5, 0.6) is 0 Å². The molecule has 5 heterocycles. The van der Waals surface area contributed by atoms with Crippen LogP contribution >= 0.6 is 11.6 Å². The standard InChI is InChI=1S/C10H12ClN5O3.C5H4N4/c11-10-14-7(12)6-8(15-10)16(3-13-6)9-5(18)1-4(2-17)19-9;1-4-5(8-2-6-1)9-3-7-4/h3-5,9,17-18H,1-2H2,(H2,12,14,15);1-3H,(H,6,7,8,9)/t4-,5+,9+;/m0./s1. The number of anilines is 1. The van der Waals surface area contributed by atoms with E-state index in [1.165, 1.54) is 12.7 Å². The molecule has 28 heavy (non-hydrogen) atoms. The summed E-state index contributed by atoms with van der Waals surface area (Å²) in [5, 5.41) is 19.0. The average Bonchev–Trinajstić information content (AvgIpc) is 3.39. The van der Waals surface area contributed by atoms with E-state index < -0.39 is 18.4 Å². The fourth-order valence-corrected chi connectivity index (χ4v) is 3.06. The molecule has 0 saturated carbocycles. The van der Waals surface area contributed by atoms with Crippen LogP contribution in [0.3, 0.4) is 0 Å². The number of fused-ring (bicyclic) bond motifs is 2. The van der Waals surface area contributed by atoms with Crippen LogP contribution in [0.4, 0.5) is 5.82 Å². The predicted octanol–water partition coefficient (Wildman–Crippen LogP) is 0.0555. The van der Waals surface area contributed by atoms with Crippen LogP contribution in [0, 0.1) is 0 Å². The van der Waals surface area contributed by atoms with Crippen molar-refractivity contribution in [3.63, 3.8) is 0 Å². The molecule has 12 nitrogen and oxygen atoms in total. The average molecular weight is 406 g/mol. The van der Waals surface area contributed by atoms with E-state index in [1.54, 1.807) is 17.1 Å². The molecule has 0 radical (unpaired) electrons. The van der Waals surface area contributed by atoms with Crippen molar-refractivity contribution in [2.24, 2.45) is 0 Å².